The molecule has 0 heterocycles. The van der Waals surface area contributed by atoms with Crippen molar-refractivity contribution in [3.63, 3.8) is 0 Å². The summed E-state index contributed by atoms with van der Waals surface area (Å²) >= 11 is 0. The van der Waals surface area contributed by atoms with E-state index in [0.29, 0.717) is 11.3 Å². The van der Waals surface area contributed by atoms with E-state index >= 15 is 0 Å². The van der Waals surface area contributed by atoms with E-state index in [0.717, 1.165) is 11.6 Å². The van der Waals surface area contributed by atoms with Crippen molar-refractivity contribution in [3.05, 3.63) is 41.1 Å². The molecule has 0 aliphatic heterocycles. The van der Waals surface area contributed by atoms with Crippen molar-refractivity contribution in [1.82, 2.24) is 0 Å². The first-order valence-corrected chi connectivity index (χ1v) is 5.67. The molecule has 1 aromatic rings. The van der Waals surface area contributed by atoms with Crippen LogP contribution >= 0.6 is 0 Å². The second-order valence-corrected chi connectivity index (χ2v) is 3.84. The van der Waals surface area contributed by atoms with Crippen molar-refractivity contribution in [2.24, 2.45) is 0 Å². The molecule has 0 fully saturated rings. The zero-order valence-corrected chi connectivity index (χ0v) is 11.4. The summed E-state index contributed by atoms with van der Waals surface area (Å²) in [6.45, 7) is 1.80. The number of aryl methyl sites for hydroxylation is 1. The third-order valence-electron chi connectivity index (χ3n) is 2.51. The van der Waals surface area contributed by atoms with Crippen molar-refractivity contribution in [1.29, 1.82) is 5.26 Å². The molecule has 1 aromatic carbocycles. The van der Waals surface area contributed by atoms with Gasteiger partial charge in [-0.2, -0.15) is 5.26 Å². The summed E-state index contributed by atoms with van der Waals surface area (Å²) in [6.07, 6.45) is 0.984. The van der Waals surface area contributed by atoms with Gasteiger partial charge in [-0.05, 0) is 24.6 Å². The van der Waals surface area contributed by atoms with Crippen molar-refractivity contribution in [2.45, 2.75) is 6.92 Å². The Morgan fingerprint density at radius 1 is 1.30 bits per heavy atom. The number of carbonyl (C=O) groups is 2. The molecule has 6 heteroatoms. The largest absolute Gasteiger partial charge is 0.466 e. The normalized spacial score (nSPS) is 10.4. The maximum Gasteiger partial charge on any atom is 0.354 e. The first-order valence-electron chi connectivity index (χ1n) is 5.67. The summed E-state index contributed by atoms with van der Waals surface area (Å²) in [7, 11) is 2.40. The van der Waals surface area contributed by atoms with Gasteiger partial charge < -0.3 is 14.8 Å². The number of rotatable bonds is 4. The highest BCUT2D eigenvalue weighted by Gasteiger charge is 2.13. The third kappa shape index (κ3) is 3.85. The van der Waals surface area contributed by atoms with Gasteiger partial charge in [0.05, 0.1) is 31.9 Å². The zero-order chi connectivity index (χ0) is 15.1. The van der Waals surface area contributed by atoms with Crippen LogP contribution in [0.2, 0.25) is 0 Å². The van der Waals surface area contributed by atoms with Crippen molar-refractivity contribution in [2.75, 3.05) is 19.5 Å². The SMILES string of the molecule is COC(=O)/C=C(/Nc1ccc(C)c(C#N)c1)C(=O)OC. The van der Waals surface area contributed by atoms with E-state index in [1.807, 2.05) is 6.07 Å². The number of benzene rings is 1. The molecule has 20 heavy (non-hydrogen) atoms. The highest BCUT2D eigenvalue weighted by Crippen LogP contribution is 2.16. The highest BCUT2D eigenvalue weighted by molar-refractivity contribution is 5.98. The summed E-state index contributed by atoms with van der Waals surface area (Å²) < 4.78 is 9.03. The number of hydrogen-bond donors (Lipinski definition) is 1. The van der Waals surface area contributed by atoms with Gasteiger partial charge in [0.2, 0.25) is 0 Å². The number of ether oxygens (including phenoxy) is 2. The van der Waals surface area contributed by atoms with Gasteiger partial charge in [-0.3, -0.25) is 0 Å². The van der Waals surface area contributed by atoms with E-state index in [4.69, 9.17) is 5.26 Å². The Kier molecular flexibility index (Phi) is 5.30. The Balaban J connectivity index is 3.08. The summed E-state index contributed by atoms with van der Waals surface area (Å²) in [5, 5.41) is 11.7. The molecule has 0 aliphatic rings. The average Bonchev–Trinajstić information content (AvgIpc) is 2.47. The minimum atomic E-state index is -0.713. The van der Waals surface area contributed by atoms with Crippen LogP contribution in [-0.4, -0.2) is 26.2 Å². The number of esters is 2. The Morgan fingerprint density at radius 3 is 2.55 bits per heavy atom. The van der Waals surface area contributed by atoms with Gasteiger partial charge in [0.15, 0.2) is 0 Å². The van der Waals surface area contributed by atoms with Crippen molar-refractivity contribution < 1.29 is 19.1 Å². The molecule has 0 radical (unpaired) electrons. The van der Waals surface area contributed by atoms with Crippen LogP contribution in [-0.2, 0) is 19.1 Å². The molecule has 0 aliphatic carbocycles. The lowest BCUT2D eigenvalue weighted by molar-refractivity contribution is -0.138. The predicted octanol–water partition coefficient (Wildman–Crippen LogP) is 1.51. The van der Waals surface area contributed by atoms with Crippen LogP contribution in [0.25, 0.3) is 0 Å². The Bertz CT molecular complexity index is 600. The van der Waals surface area contributed by atoms with Crippen LogP contribution in [0.15, 0.2) is 30.0 Å². The minimum Gasteiger partial charge on any atom is -0.466 e. The molecule has 1 rings (SSSR count). The lowest BCUT2D eigenvalue weighted by Gasteiger charge is -2.10. The Labute approximate surface area is 116 Å². The quantitative estimate of drug-likeness (QED) is 0.661. The summed E-state index contributed by atoms with van der Waals surface area (Å²) in [6, 6.07) is 7.02. The van der Waals surface area contributed by atoms with Crippen LogP contribution in [0.5, 0.6) is 0 Å². The molecule has 0 saturated heterocycles. The maximum absolute atomic E-state index is 11.6. The Morgan fingerprint density at radius 2 is 2.00 bits per heavy atom. The number of nitrogens with one attached hydrogen (secondary N) is 1. The van der Waals surface area contributed by atoms with E-state index in [-0.39, 0.29) is 5.70 Å². The first kappa shape index (κ1) is 15.2. The molecule has 0 spiro atoms. The van der Waals surface area contributed by atoms with Gasteiger partial charge in [0.25, 0.3) is 0 Å². The number of anilines is 1. The van der Waals surface area contributed by atoms with Crippen molar-refractivity contribution in [3.8, 4) is 6.07 Å². The van der Waals surface area contributed by atoms with Crippen LogP contribution in [0.1, 0.15) is 11.1 Å². The van der Waals surface area contributed by atoms with Crippen LogP contribution in [0.4, 0.5) is 5.69 Å². The fourth-order valence-corrected chi connectivity index (χ4v) is 1.41. The number of hydrogen-bond acceptors (Lipinski definition) is 6. The zero-order valence-electron chi connectivity index (χ0n) is 11.4. The van der Waals surface area contributed by atoms with Gasteiger partial charge >= 0.3 is 11.9 Å². The molecular weight excluding hydrogens is 260 g/mol. The second kappa shape index (κ2) is 6.95. The fourth-order valence-electron chi connectivity index (χ4n) is 1.41. The van der Waals surface area contributed by atoms with E-state index in [1.54, 1.807) is 25.1 Å². The minimum absolute atomic E-state index is 0.0768. The molecule has 0 saturated carbocycles. The van der Waals surface area contributed by atoms with Gasteiger partial charge in [-0.1, -0.05) is 6.07 Å². The van der Waals surface area contributed by atoms with E-state index in [2.05, 4.69) is 14.8 Å². The molecule has 0 amide bonds. The Hall–Kier alpha value is -2.81. The number of nitriles is 1. The first-order chi connectivity index (χ1) is 9.51. The van der Waals surface area contributed by atoms with Gasteiger partial charge in [0.1, 0.15) is 5.70 Å². The lowest BCUT2D eigenvalue weighted by Crippen LogP contribution is -2.15. The van der Waals surface area contributed by atoms with E-state index in [1.165, 1.54) is 14.2 Å². The van der Waals surface area contributed by atoms with Gasteiger partial charge in [0, 0.05) is 5.69 Å². The smallest absolute Gasteiger partial charge is 0.354 e. The van der Waals surface area contributed by atoms with Gasteiger partial charge in [-0.15, -0.1) is 0 Å². The summed E-state index contributed by atoms with van der Waals surface area (Å²) in [5.74, 6) is -1.40. The lowest BCUT2D eigenvalue weighted by atomic mass is 10.1. The topological polar surface area (TPSA) is 88.4 Å². The third-order valence-corrected chi connectivity index (χ3v) is 2.51. The van der Waals surface area contributed by atoms with Gasteiger partial charge in [-0.25, -0.2) is 9.59 Å². The standard InChI is InChI=1S/C14H14N2O4/c1-9-4-5-11(6-10(9)8-15)16-12(14(18)20-3)7-13(17)19-2/h4-7,16H,1-3H3/b12-7+. The van der Waals surface area contributed by atoms with Crippen LogP contribution < -0.4 is 5.32 Å². The fraction of sp³-hybridized carbons (Fsp3) is 0.214. The van der Waals surface area contributed by atoms with E-state index in [9.17, 15) is 9.59 Å². The molecule has 0 bridgehead atoms. The van der Waals surface area contributed by atoms with Crippen molar-refractivity contribution >= 4 is 17.6 Å². The molecule has 0 aromatic heterocycles. The monoisotopic (exact) mass is 274 g/mol. The highest BCUT2D eigenvalue weighted by atomic mass is 16.5. The molecule has 1 N–H and O–H groups in total. The number of methoxy groups -OCH3 is 2. The average molecular weight is 274 g/mol. The second-order valence-electron chi connectivity index (χ2n) is 3.84. The molecule has 104 valence electrons. The molecule has 0 atom stereocenters. The predicted molar refractivity (Wildman–Crippen MR) is 71.6 cm³/mol. The van der Waals surface area contributed by atoms with Crippen LogP contribution in [0, 0.1) is 18.3 Å². The van der Waals surface area contributed by atoms with Crippen LogP contribution in [0.3, 0.4) is 0 Å². The number of nitrogens with zero attached hydrogens (tertiary/aromatic N) is 1. The molecule has 0 unspecified atom stereocenters. The summed E-state index contributed by atoms with van der Waals surface area (Å²) in [5.41, 5.74) is 1.70. The summed E-state index contributed by atoms with van der Waals surface area (Å²) in [4.78, 5) is 22.8. The molecular formula is C14H14N2O4. The number of carbonyl (C=O) groups excluding carboxylic acids is 2. The maximum atomic E-state index is 11.6. The molecule has 6 nitrogen and oxygen atoms in total. The van der Waals surface area contributed by atoms with E-state index < -0.39 is 11.9 Å².